The van der Waals surface area contributed by atoms with Gasteiger partial charge in [-0.3, -0.25) is 9.69 Å². The third-order valence-electron chi connectivity index (χ3n) is 7.54. The molecule has 3 aromatic heterocycles. The molecule has 2 fully saturated rings. The zero-order chi connectivity index (χ0) is 28.1. The molecule has 2 aliphatic heterocycles. The molecule has 212 valence electrons. The Morgan fingerprint density at radius 1 is 1.18 bits per heavy atom. The second-order valence-electron chi connectivity index (χ2n) is 10.3. The van der Waals surface area contributed by atoms with Crippen LogP contribution in [0.4, 0.5) is 24.9 Å². The lowest BCUT2D eigenvalue weighted by molar-refractivity contribution is -0.142. The molecule has 10 nitrogen and oxygen atoms in total. The van der Waals surface area contributed by atoms with Crippen LogP contribution in [0, 0.1) is 11.6 Å². The summed E-state index contributed by atoms with van der Waals surface area (Å²) in [5, 5.41) is 17.8. The third kappa shape index (κ3) is 4.93. The average molecular weight is 589 g/mol. The van der Waals surface area contributed by atoms with Crippen molar-refractivity contribution in [3.8, 4) is 11.3 Å². The van der Waals surface area contributed by atoms with Gasteiger partial charge in [-0.05, 0) is 38.1 Å². The second-order valence-corrected chi connectivity index (χ2v) is 12.0. The first-order valence-electron chi connectivity index (χ1n) is 13.2. The van der Waals surface area contributed by atoms with Crippen LogP contribution in [-0.4, -0.2) is 99.4 Å². The Hall–Kier alpha value is -3.20. The van der Waals surface area contributed by atoms with Gasteiger partial charge in [0.1, 0.15) is 0 Å². The van der Waals surface area contributed by atoms with Crippen molar-refractivity contribution in [3.05, 3.63) is 40.9 Å². The van der Waals surface area contributed by atoms with Gasteiger partial charge in [-0.25, -0.2) is 18.7 Å². The minimum absolute atomic E-state index is 0.0497. The summed E-state index contributed by atoms with van der Waals surface area (Å²) >= 11 is 2.94. The Balaban J connectivity index is 1.19. The zero-order valence-electron chi connectivity index (χ0n) is 22.4. The van der Waals surface area contributed by atoms with E-state index in [1.807, 2.05) is 35.8 Å². The van der Waals surface area contributed by atoms with E-state index in [1.165, 1.54) is 28.7 Å². The molecular weight excluding hydrogens is 558 g/mol. The monoisotopic (exact) mass is 588 g/mol. The van der Waals surface area contributed by atoms with Crippen molar-refractivity contribution in [2.24, 2.45) is 0 Å². The van der Waals surface area contributed by atoms with Crippen molar-refractivity contribution in [1.82, 2.24) is 29.4 Å². The van der Waals surface area contributed by atoms with Gasteiger partial charge in [0.2, 0.25) is 16.0 Å². The van der Waals surface area contributed by atoms with Gasteiger partial charge >= 0.3 is 0 Å². The van der Waals surface area contributed by atoms with Crippen molar-refractivity contribution in [3.63, 3.8) is 0 Å². The Morgan fingerprint density at radius 2 is 1.98 bits per heavy atom. The van der Waals surface area contributed by atoms with Gasteiger partial charge in [0.15, 0.2) is 22.6 Å². The van der Waals surface area contributed by atoms with Gasteiger partial charge in [-0.15, -0.1) is 16.4 Å². The summed E-state index contributed by atoms with van der Waals surface area (Å²) < 4.78 is 29.0. The summed E-state index contributed by atoms with van der Waals surface area (Å²) in [6.07, 6.45) is 1.24. The number of aryl methyl sites for hydroxylation is 1. The lowest BCUT2D eigenvalue weighted by atomic mass is 10.1. The minimum atomic E-state index is -0.904. The molecule has 0 spiro atoms. The number of amides is 1. The van der Waals surface area contributed by atoms with Crippen LogP contribution in [0.2, 0.25) is 0 Å². The Kier molecular flexibility index (Phi) is 7.19. The van der Waals surface area contributed by atoms with Crippen molar-refractivity contribution >= 4 is 49.6 Å². The van der Waals surface area contributed by atoms with E-state index < -0.39 is 17.7 Å². The molecule has 1 N–H and O–H groups in total. The normalized spacial score (nSPS) is 17.8. The second kappa shape index (κ2) is 10.7. The van der Waals surface area contributed by atoms with Gasteiger partial charge in [0, 0.05) is 50.2 Å². The number of imidazole rings is 1. The number of aliphatic hydroxyl groups excluding tert-OH is 1. The van der Waals surface area contributed by atoms with E-state index in [-0.39, 0.29) is 11.9 Å². The Labute approximate surface area is 238 Å². The number of aromatic nitrogens is 4. The van der Waals surface area contributed by atoms with Crippen LogP contribution in [0.25, 0.3) is 16.2 Å². The first-order chi connectivity index (χ1) is 19.2. The quantitative estimate of drug-likeness (QED) is 0.336. The van der Waals surface area contributed by atoms with Crippen molar-refractivity contribution in [2.45, 2.75) is 31.9 Å². The van der Waals surface area contributed by atoms with E-state index in [1.54, 1.807) is 4.90 Å². The summed E-state index contributed by atoms with van der Waals surface area (Å²) in [4.78, 5) is 30.7. The van der Waals surface area contributed by atoms with E-state index >= 15 is 0 Å². The number of hydrogen-bond donors (Lipinski definition) is 1. The molecule has 6 rings (SSSR count). The fourth-order valence-electron chi connectivity index (χ4n) is 5.14. The highest BCUT2D eigenvalue weighted by molar-refractivity contribution is 7.20. The molecule has 5 heterocycles. The molecule has 1 atom stereocenters. The first kappa shape index (κ1) is 27.0. The lowest BCUT2D eigenvalue weighted by Crippen LogP contribution is -2.56. The Bertz CT molecular complexity index is 1550. The zero-order valence-corrected chi connectivity index (χ0v) is 24.1. The Morgan fingerprint density at radius 3 is 2.70 bits per heavy atom. The van der Waals surface area contributed by atoms with Crippen LogP contribution in [0.15, 0.2) is 23.6 Å². The molecule has 2 saturated heterocycles. The molecule has 4 aromatic rings. The summed E-state index contributed by atoms with van der Waals surface area (Å²) in [6, 6.07) is 4.01. The average Bonchev–Trinajstić information content (AvgIpc) is 3.70. The van der Waals surface area contributed by atoms with Crippen LogP contribution in [0.3, 0.4) is 0 Å². The van der Waals surface area contributed by atoms with Crippen molar-refractivity contribution in [1.29, 1.82) is 0 Å². The van der Waals surface area contributed by atoms with Crippen LogP contribution in [0.5, 0.6) is 0 Å². The van der Waals surface area contributed by atoms with E-state index in [4.69, 9.17) is 10.1 Å². The maximum Gasteiger partial charge on any atom is 0.236 e. The fraction of sp³-hybridized carbons (Fsp3) is 0.462. The number of carbonyl (C=O) groups excluding carboxylic acids is 1. The van der Waals surface area contributed by atoms with Gasteiger partial charge in [-0.2, -0.15) is 4.52 Å². The van der Waals surface area contributed by atoms with Crippen LogP contribution in [-0.2, 0) is 11.2 Å². The summed E-state index contributed by atoms with van der Waals surface area (Å²) in [6.45, 7) is 4.82. The molecule has 1 aromatic carbocycles. The summed E-state index contributed by atoms with van der Waals surface area (Å²) in [5.41, 5.74) is 1.98. The molecule has 14 heteroatoms. The van der Waals surface area contributed by atoms with E-state index in [0.717, 1.165) is 53.2 Å². The van der Waals surface area contributed by atoms with Gasteiger partial charge in [0.05, 0.1) is 24.0 Å². The summed E-state index contributed by atoms with van der Waals surface area (Å²) in [5.74, 6) is -0.920. The number of benzene rings is 1. The number of halogens is 2. The highest BCUT2D eigenvalue weighted by atomic mass is 32.1. The first-order valence-corrected chi connectivity index (χ1v) is 14.9. The molecular formula is C26H30F2N8O2S2. The molecule has 0 bridgehead atoms. The number of anilines is 3. The largest absolute Gasteiger partial charge is 0.389 e. The number of likely N-dealkylation sites (tertiary alicyclic amines) is 1. The number of rotatable bonds is 8. The number of carbonyl (C=O) groups is 1. The summed E-state index contributed by atoms with van der Waals surface area (Å²) in [7, 11) is 3.88. The molecule has 40 heavy (non-hydrogen) atoms. The van der Waals surface area contributed by atoms with Crippen LogP contribution < -0.4 is 9.80 Å². The lowest BCUT2D eigenvalue weighted by Gasteiger charge is -2.37. The number of likely N-dealkylation sites (N-methyl/N-ethyl adjacent to an activating group) is 1. The molecule has 0 radical (unpaired) electrons. The van der Waals surface area contributed by atoms with Crippen molar-refractivity contribution in [2.75, 3.05) is 56.6 Å². The van der Waals surface area contributed by atoms with Gasteiger partial charge in [0.25, 0.3) is 0 Å². The number of aliphatic hydroxyl groups is 1. The molecule has 1 unspecified atom stereocenters. The number of thiazole rings is 1. The number of fused-ring (bicyclic) bond motifs is 1. The minimum Gasteiger partial charge on any atom is -0.389 e. The predicted molar refractivity (Wildman–Crippen MR) is 152 cm³/mol. The van der Waals surface area contributed by atoms with E-state index in [9.17, 15) is 18.7 Å². The number of nitrogens with zero attached hydrogens (tertiary/aromatic N) is 8. The highest BCUT2D eigenvalue weighted by Crippen LogP contribution is 2.36. The van der Waals surface area contributed by atoms with E-state index in [2.05, 4.69) is 14.8 Å². The number of hydrogen-bond acceptors (Lipinski definition) is 10. The maximum absolute atomic E-state index is 13.8. The maximum atomic E-state index is 13.8. The smallest absolute Gasteiger partial charge is 0.236 e. The van der Waals surface area contributed by atoms with Crippen LogP contribution >= 0.6 is 22.7 Å². The predicted octanol–water partition coefficient (Wildman–Crippen LogP) is 3.24. The molecule has 0 saturated carbocycles. The standard InChI is InChI=1S/C26H30F2N8O2S2/c1-4-20-23(33(3)24-30-21(14-39-24)15-5-6-18(27)19(28)9-15)36-25(29-20)40-26(31-36)34-8-7-16(10-34)32(2)13-22(38)35-11-17(37)12-35/h5-6,9,14,16-17,37H,4,7-8,10-13H2,1-3H3. The third-order valence-corrected chi connectivity index (χ3v) is 9.43. The topological polar surface area (TPSA) is 93.3 Å². The van der Waals surface area contributed by atoms with Gasteiger partial charge in [-0.1, -0.05) is 18.3 Å². The molecule has 2 aliphatic rings. The van der Waals surface area contributed by atoms with Crippen molar-refractivity contribution < 1.29 is 18.7 Å². The van der Waals surface area contributed by atoms with E-state index in [0.29, 0.717) is 42.4 Å². The van der Waals surface area contributed by atoms with Crippen LogP contribution in [0.1, 0.15) is 19.0 Å². The highest BCUT2D eigenvalue weighted by Gasteiger charge is 2.33. The SMILES string of the molecule is CCc1nc2sc(N3CCC(N(C)CC(=O)N4CC(O)C4)C3)nn2c1N(C)c1nc(-c2ccc(F)c(F)c2)cs1. The molecule has 0 aliphatic carbocycles. The fourth-order valence-corrected chi connectivity index (χ4v) is 6.90. The van der Waals surface area contributed by atoms with Gasteiger partial charge < -0.3 is 19.8 Å². The number of β-amino-alcohol motifs (C(OH)–C–C–N with tert-alkyl or cyclic N) is 1. The molecule has 1 amide bonds.